The van der Waals surface area contributed by atoms with Crippen LogP contribution in [0, 0.1) is 6.92 Å². The maximum atomic E-state index is 13.1. The van der Waals surface area contributed by atoms with E-state index in [1.807, 2.05) is 38.1 Å². The zero-order valence-electron chi connectivity index (χ0n) is 15.3. The summed E-state index contributed by atoms with van der Waals surface area (Å²) in [7, 11) is 0. The van der Waals surface area contributed by atoms with E-state index < -0.39 is 5.97 Å². The molecule has 3 aromatic rings. The van der Waals surface area contributed by atoms with Crippen LogP contribution in [0.2, 0.25) is 5.02 Å². The minimum Gasteiger partial charge on any atom is -0.477 e. The molecule has 0 saturated carbocycles. The Balaban J connectivity index is 2.03. The van der Waals surface area contributed by atoms with Crippen molar-refractivity contribution < 1.29 is 14.7 Å². The van der Waals surface area contributed by atoms with Gasteiger partial charge in [-0.1, -0.05) is 36.7 Å². The molecule has 3 rings (SSSR count). The van der Waals surface area contributed by atoms with Crippen molar-refractivity contribution in [2.24, 2.45) is 0 Å². The van der Waals surface area contributed by atoms with Crippen LogP contribution in [-0.4, -0.2) is 28.5 Å². The van der Waals surface area contributed by atoms with Gasteiger partial charge in [0.05, 0.1) is 6.42 Å². The molecule has 0 saturated heterocycles. The molecule has 0 radical (unpaired) electrons. The maximum Gasteiger partial charge on any atom is 0.352 e. The standard InChI is InChI=1S/C21H21ClN2O3/c1-3-10-24(18-7-5-4-6-13(18)2)19(25)12-16-15-11-14(22)8-9-17(15)23-20(16)21(26)27/h4-9,11,23H,3,10,12H2,1-2H3,(H,26,27). The molecule has 0 bridgehead atoms. The predicted molar refractivity (Wildman–Crippen MR) is 108 cm³/mol. The van der Waals surface area contributed by atoms with Gasteiger partial charge in [-0.05, 0) is 43.2 Å². The third kappa shape index (κ3) is 3.83. The number of H-pyrrole nitrogens is 1. The van der Waals surface area contributed by atoms with E-state index in [0.717, 1.165) is 17.7 Å². The number of para-hydroxylation sites is 1. The number of benzene rings is 2. The molecule has 1 amide bonds. The van der Waals surface area contributed by atoms with Gasteiger partial charge in [-0.25, -0.2) is 4.79 Å². The largest absolute Gasteiger partial charge is 0.477 e. The maximum absolute atomic E-state index is 13.1. The Bertz CT molecular complexity index is 1010. The number of rotatable bonds is 6. The van der Waals surface area contributed by atoms with Crippen molar-refractivity contribution in [2.75, 3.05) is 11.4 Å². The second-order valence-electron chi connectivity index (χ2n) is 6.48. The lowest BCUT2D eigenvalue weighted by molar-refractivity contribution is -0.118. The molecule has 5 nitrogen and oxygen atoms in total. The monoisotopic (exact) mass is 384 g/mol. The molecule has 0 fully saturated rings. The summed E-state index contributed by atoms with van der Waals surface area (Å²) in [6, 6.07) is 12.8. The number of nitrogens with one attached hydrogen (secondary N) is 1. The number of aryl methyl sites for hydroxylation is 1. The van der Waals surface area contributed by atoms with Crippen LogP contribution >= 0.6 is 11.6 Å². The van der Waals surface area contributed by atoms with Gasteiger partial charge in [-0.2, -0.15) is 0 Å². The average molecular weight is 385 g/mol. The lowest BCUT2D eigenvalue weighted by atomic mass is 10.1. The van der Waals surface area contributed by atoms with E-state index in [9.17, 15) is 14.7 Å². The number of halogens is 1. The number of nitrogens with zero attached hydrogens (tertiary/aromatic N) is 1. The molecule has 1 aromatic heterocycles. The highest BCUT2D eigenvalue weighted by Crippen LogP contribution is 2.28. The first-order valence-electron chi connectivity index (χ1n) is 8.81. The van der Waals surface area contributed by atoms with Gasteiger partial charge in [0.1, 0.15) is 5.69 Å². The first-order valence-corrected chi connectivity index (χ1v) is 9.19. The lowest BCUT2D eigenvalue weighted by Crippen LogP contribution is -2.33. The molecule has 0 aliphatic heterocycles. The van der Waals surface area contributed by atoms with Gasteiger partial charge in [-0.15, -0.1) is 0 Å². The highest BCUT2D eigenvalue weighted by molar-refractivity contribution is 6.31. The van der Waals surface area contributed by atoms with Crippen molar-refractivity contribution in [3.05, 3.63) is 64.3 Å². The first kappa shape index (κ1) is 19.0. The number of aromatic nitrogens is 1. The predicted octanol–water partition coefficient (Wildman–Crippen LogP) is 4.81. The van der Waals surface area contributed by atoms with Crippen LogP contribution in [0.1, 0.15) is 35.0 Å². The number of carboxylic acids is 1. The number of hydrogen-bond donors (Lipinski definition) is 2. The van der Waals surface area contributed by atoms with Gasteiger partial charge >= 0.3 is 5.97 Å². The third-order valence-corrected chi connectivity index (χ3v) is 4.80. The summed E-state index contributed by atoms with van der Waals surface area (Å²) >= 11 is 6.09. The van der Waals surface area contributed by atoms with Crippen molar-refractivity contribution in [1.29, 1.82) is 0 Å². The Labute approximate surface area is 162 Å². The summed E-state index contributed by atoms with van der Waals surface area (Å²) in [4.78, 5) is 29.4. The van der Waals surface area contributed by atoms with E-state index >= 15 is 0 Å². The lowest BCUT2D eigenvalue weighted by Gasteiger charge is -2.24. The number of fused-ring (bicyclic) bond motifs is 1. The van der Waals surface area contributed by atoms with Crippen LogP contribution in [0.5, 0.6) is 0 Å². The second-order valence-corrected chi connectivity index (χ2v) is 6.92. The fourth-order valence-corrected chi connectivity index (χ4v) is 3.47. The second kappa shape index (κ2) is 7.84. The Kier molecular flexibility index (Phi) is 5.51. The Morgan fingerprint density at radius 1 is 1.19 bits per heavy atom. The quantitative estimate of drug-likeness (QED) is 0.640. The van der Waals surface area contributed by atoms with E-state index in [1.54, 1.807) is 23.1 Å². The SMILES string of the molecule is CCCN(C(=O)Cc1c(C(=O)O)[nH]c2ccc(Cl)cc12)c1ccccc1C. The highest BCUT2D eigenvalue weighted by atomic mass is 35.5. The van der Waals surface area contributed by atoms with Gasteiger partial charge in [-0.3, -0.25) is 4.79 Å². The molecule has 140 valence electrons. The van der Waals surface area contributed by atoms with Crippen molar-refractivity contribution in [1.82, 2.24) is 4.98 Å². The minimum atomic E-state index is -1.09. The Morgan fingerprint density at radius 2 is 1.93 bits per heavy atom. The van der Waals surface area contributed by atoms with Crippen molar-refractivity contribution >= 4 is 40.1 Å². The molecule has 1 heterocycles. The average Bonchev–Trinajstić information content (AvgIpc) is 2.98. The summed E-state index contributed by atoms with van der Waals surface area (Å²) < 4.78 is 0. The van der Waals surface area contributed by atoms with Crippen LogP contribution in [0.3, 0.4) is 0 Å². The zero-order valence-corrected chi connectivity index (χ0v) is 16.0. The van der Waals surface area contributed by atoms with E-state index in [0.29, 0.717) is 28.0 Å². The fourth-order valence-electron chi connectivity index (χ4n) is 3.30. The Morgan fingerprint density at radius 3 is 2.59 bits per heavy atom. The molecular weight excluding hydrogens is 364 g/mol. The van der Waals surface area contributed by atoms with Crippen LogP contribution < -0.4 is 4.90 Å². The van der Waals surface area contributed by atoms with Gasteiger partial charge < -0.3 is 15.0 Å². The molecule has 27 heavy (non-hydrogen) atoms. The number of aromatic amines is 1. The summed E-state index contributed by atoms with van der Waals surface area (Å²) in [5, 5.41) is 10.7. The Hall–Kier alpha value is -2.79. The fraction of sp³-hybridized carbons (Fsp3) is 0.238. The van der Waals surface area contributed by atoms with Gasteiger partial charge in [0.25, 0.3) is 0 Å². The smallest absolute Gasteiger partial charge is 0.352 e. The van der Waals surface area contributed by atoms with Gasteiger partial charge in [0.15, 0.2) is 0 Å². The number of carbonyl (C=O) groups is 2. The number of hydrogen-bond acceptors (Lipinski definition) is 2. The van der Waals surface area contributed by atoms with Crippen molar-refractivity contribution in [3.8, 4) is 0 Å². The number of aromatic carboxylic acids is 1. The first-order chi connectivity index (χ1) is 12.9. The molecule has 6 heteroatoms. The zero-order chi connectivity index (χ0) is 19.6. The highest BCUT2D eigenvalue weighted by Gasteiger charge is 2.23. The van der Waals surface area contributed by atoms with Crippen molar-refractivity contribution in [2.45, 2.75) is 26.7 Å². The molecule has 0 spiro atoms. The number of anilines is 1. The molecule has 0 aliphatic carbocycles. The summed E-state index contributed by atoms with van der Waals surface area (Å²) in [5.41, 5.74) is 2.98. The van der Waals surface area contributed by atoms with Crippen LogP contribution in [0.25, 0.3) is 10.9 Å². The van der Waals surface area contributed by atoms with Gasteiger partial charge in [0, 0.05) is 33.7 Å². The number of amides is 1. The van der Waals surface area contributed by atoms with Crippen LogP contribution in [0.15, 0.2) is 42.5 Å². The topological polar surface area (TPSA) is 73.4 Å². The summed E-state index contributed by atoms with van der Waals surface area (Å²) in [5.74, 6) is -1.24. The van der Waals surface area contributed by atoms with Crippen LogP contribution in [-0.2, 0) is 11.2 Å². The molecular formula is C21H21ClN2O3. The van der Waals surface area contributed by atoms with Crippen molar-refractivity contribution in [3.63, 3.8) is 0 Å². The van der Waals surface area contributed by atoms with E-state index in [1.165, 1.54) is 0 Å². The summed E-state index contributed by atoms with van der Waals surface area (Å²) in [6.45, 7) is 4.53. The number of carboxylic acid groups (broad SMARTS) is 1. The molecule has 0 unspecified atom stereocenters. The van der Waals surface area contributed by atoms with E-state index in [4.69, 9.17) is 11.6 Å². The molecule has 0 aliphatic rings. The molecule has 0 atom stereocenters. The van der Waals surface area contributed by atoms with Gasteiger partial charge in [0.2, 0.25) is 5.91 Å². The van der Waals surface area contributed by atoms with E-state index in [-0.39, 0.29) is 18.0 Å². The molecule has 2 aromatic carbocycles. The summed E-state index contributed by atoms with van der Waals surface area (Å²) in [6.07, 6.45) is 0.780. The minimum absolute atomic E-state index is 0.0175. The number of carbonyl (C=O) groups excluding carboxylic acids is 1. The van der Waals surface area contributed by atoms with Crippen LogP contribution in [0.4, 0.5) is 5.69 Å². The molecule has 2 N–H and O–H groups in total. The third-order valence-electron chi connectivity index (χ3n) is 4.56. The normalized spacial score (nSPS) is 10.9. The van der Waals surface area contributed by atoms with E-state index in [2.05, 4.69) is 4.98 Å².